The molecule has 0 saturated heterocycles. The number of rotatable bonds is 4. The number of halogens is 1. The molecule has 1 aromatic carbocycles. The number of benzene rings is 1. The molecule has 0 aliphatic rings. The fraction of sp³-hybridized carbons (Fsp3) is 0.562. The third-order valence-electron chi connectivity index (χ3n) is 2.80. The Bertz CT molecular complexity index is 507. The van der Waals surface area contributed by atoms with Gasteiger partial charge in [-0.05, 0) is 50.3 Å². The molecule has 0 unspecified atom stereocenters. The third kappa shape index (κ3) is 6.36. The summed E-state index contributed by atoms with van der Waals surface area (Å²) < 4.78 is 5.18. The summed E-state index contributed by atoms with van der Waals surface area (Å²) in [7, 11) is 0. The Morgan fingerprint density at radius 1 is 1.29 bits per heavy atom. The van der Waals surface area contributed by atoms with Crippen LogP contribution in [0.25, 0.3) is 0 Å². The summed E-state index contributed by atoms with van der Waals surface area (Å²) in [4.78, 5) is 11.7. The van der Waals surface area contributed by atoms with Crippen molar-refractivity contribution >= 4 is 23.4 Å². The van der Waals surface area contributed by atoms with Gasteiger partial charge in [0.2, 0.25) is 0 Å². The predicted molar refractivity (Wildman–Crippen MR) is 85.9 cm³/mol. The zero-order chi connectivity index (χ0) is 16.3. The lowest BCUT2D eigenvalue weighted by atomic mass is 9.87. The summed E-state index contributed by atoms with van der Waals surface area (Å²) in [6, 6.07) is 5.32. The fourth-order valence-corrected chi connectivity index (χ4v) is 2.01. The van der Waals surface area contributed by atoms with Crippen LogP contribution < -0.4 is 5.32 Å². The molecule has 0 heterocycles. The fourth-order valence-electron chi connectivity index (χ4n) is 1.76. The van der Waals surface area contributed by atoms with Crippen LogP contribution in [0, 0.1) is 5.41 Å². The minimum Gasteiger partial charge on any atom is -0.444 e. The second-order valence-electron chi connectivity index (χ2n) is 6.93. The average molecular weight is 314 g/mol. The van der Waals surface area contributed by atoms with Crippen LogP contribution in [-0.4, -0.2) is 23.4 Å². The molecule has 0 saturated carbocycles. The summed E-state index contributed by atoms with van der Waals surface area (Å²) in [6.45, 7) is 9.44. The number of nitrogens with one attached hydrogen (secondary N) is 1. The van der Waals surface area contributed by atoms with E-state index >= 15 is 0 Å². The van der Waals surface area contributed by atoms with Gasteiger partial charge in [0.25, 0.3) is 0 Å². The van der Waals surface area contributed by atoms with Gasteiger partial charge >= 0.3 is 6.09 Å². The van der Waals surface area contributed by atoms with E-state index in [1.807, 2.05) is 19.9 Å². The second-order valence-corrected chi connectivity index (χ2v) is 7.34. The van der Waals surface area contributed by atoms with E-state index in [0.717, 1.165) is 5.56 Å². The van der Waals surface area contributed by atoms with Crippen molar-refractivity contribution in [3.05, 3.63) is 28.8 Å². The lowest BCUT2D eigenvalue weighted by molar-refractivity contribution is 0.0636. The molecule has 0 spiro atoms. The molecule has 0 bridgehead atoms. The van der Waals surface area contributed by atoms with Crippen LogP contribution in [0.3, 0.4) is 0 Å². The number of hydrogen-bond donors (Lipinski definition) is 2. The van der Waals surface area contributed by atoms with Crippen LogP contribution in [0.5, 0.6) is 0 Å². The van der Waals surface area contributed by atoms with Crippen molar-refractivity contribution in [1.29, 1.82) is 0 Å². The number of ether oxygens (including phenoxy) is 1. The molecule has 21 heavy (non-hydrogen) atoms. The monoisotopic (exact) mass is 313 g/mol. The first-order valence-corrected chi connectivity index (χ1v) is 7.29. The number of anilines is 1. The normalized spacial score (nSPS) is 12.1. The molecular weight excluding hydrogens is 290 g/mol. The summed E-state index contributed by atoms with van der Waals surface area (Å²) >= 11 is 6.24. The number of aliphatic hydroxyl groups is 1. The van der Waals surface area contributed by atoms with E-state index in [2.05, 4.69) is 5.32 Å². The van der Waals surface area contributed by atoms with Crippen LogP contribution >= 0.6 is 11.6 Å². The van der Waals surface area contributed by atoms with Crippen molar-refractivity contribution in [2.24, 2.45) is 5.41 Å². The maximum absolute atomic E-state index is 11.7. The standard InChI is InChI=1S/C16H24ClNO3/c1-15(2,3)21-14(20)18-12-7-6-11(13(17)8-12)9-16(4,5)10-19/h6-8,19H,9-10H2,1-5H3,(H,18,20). The van der Waals surface area contributed by atoms with E-state index < -0.39 is 11.7 Å². The van der Waals surface area contributed by atoms with Crippen molar-refractivity contribution in [3.8, 4) is 0 Å². The zero-order valence-electron chi connectivity index (χ0n) is 13.3. The smallest absolute Gasteiger partial charge is 0.412 e. The molecule has 0 aliphatic carbocycles. The summed E-state index contributed by atoms with van der Waals surface area (Å²) in [5.41, 5.74) is 0.744. The first-order valence-electron chi connectivity index (χ1n) is 6.92. The van der Waals surface area contributed by atoms with Crippen LogP contribution in [-0.2, 0) is 11.2 Å². The Morgan fingerprint density at radius 2 is 1.90 bits per heavy atom. The van der Waals surface area contributed by atoms with E-state index in [4.69, 9.17) is 16.3 Å². The number of amides is 1. The molecule has 1 amide bonds. The van der Waals surface area contributed by atoms with Gasteiger partial charge in [0.1, 0.15) is 5.60 Å². The van der Waals surface area contributed by atoms with E-state index in [-0.39, 0.29) is 12.0 Å². The Morgan fingerprint density at radius 3 is 2.38 bits per heavy atom. The highest BCUT2D eigenvalue weighted by Gasteiger charge is 2.20. The first-order chi connectivity index (χ1) is 9.52. The first kappa shape index (κ1) is 17.8. The van der Waals surface area contributed by atoms with E-state index in [1.54, 1.807) is 32.9 Å². The minimum atomic E-state index is -0.543. The highest BCUT2D eigenvalue weighted by Crippen LogP contribution is 2.28. The van der Waals surface area contributed by atoms with Gasteiger partial charge in [-0.2, -0.15) is 0 Å². The van der Waals surface area contributed by atoms with Crippen LogP contribution in [0.15, 0.2) is 18.2 Å². The van der Waals surface area contributed by atoms with Crippen molar-refractivity contribution in [1.82, 2.24) is 0 Å². The summed E-state index contributed by atoms with van der Waals surface area (Å²) in [5.74, 6) is 0. The van der Waals surface area contributed by atoms with Crippen molar-refractivity contribution in [3.63, 3.8) is 0 Å². The van der Waals surface area contributed by atoms with E-state index in [9.17, 15) is 9.90 Å². The van der Waals surface area contributed by atoms with Gasteiger partial charge in [0, 0.05) is 17.3 Å². The van der Waals surface area contributed by atoms with Gasteiger partial charge in [-0.15, -0.1) is 0 Å². The molecule has 0 radical (unpaired) electrons. The quantitative estimate of drug-likeness (QED) is 0.873. The van der Waals surface area contributed by atoms with Gasteiger partial charge in [0.05, 0.1) is 0 Å². The third-order valence-corrected chi connectivity index (χ3v) is 3.15. The molecule has 0 atom stereocenters. The molecule has 118 valence electrons. The average Bonchev–Trinajstić information content (AvgIpc) is 2.30. The molecule has 5 heteroatoms. The number of aliphatic hydroxyl groups excluding tert-OH is 1. The Labute approximate surface area is 131 Å². The zero-order valence-corrected chi connectivity index (χ0v) is 14.0. The molecule has 0 fully saturated rings. The van der Waals surface area contributed by atoms with Gasteiger partial charge in [0.15, 0.2) is 0 Å². The molecule has 0 aromatic heterocycles. The van der Waals surface area contributed by atoms with Crippen molar-refractivity contribution in [2.75, 3.05) is 11.9 Å². The number of hydrogen-bond acceptors (Lipinski definition) is 3. The lowest BCUT2D eigenvalue weighted by Gasteiger charge is -2.22. The number of carbonyl (C=O) groups is 1. The molecule has 0 aliphatic heterocycles. The molecule has 4 nitrogen and oxygen atoms in total. The maximum Gasteiger partial charge on any atom is 0.412 e. The van der Waals surface area contributed by atoms with Gasteiger partial charge < -0.3 is 9.84 Å². The van der Waals surface area contributed by atoms with Crippen molar-refractivity contribution < 1.29 is 14.6 Å². The number of carbonyl (C=O) groups excluding carboxylic acids is 1. The second kappa shape index (κ2) is 6.67. The predicted octanol–water partition coefficient (Wildman–Crippen LogP) is 4.25. The highest BCUT2D eigenvalue weighted by molar-refractivity contribution is 6.31. The van der Waals surface area contributed by atoms with Crippen molar-refractivity contribution in [2.45, 2.75) is 46.6 Å². The Balaban J connectivity index is 2.77. The summed E-state index contributed by atoms with van der Waals surface area (Å²) in [5, 5.41) is 12.5. The largest absolute Gasteiger partial charge is 0.444 e. The highest BCUT2D eigenvalue weighted by atomic mass is 35.5. The molecule has 1 rings (SSSR count). The van der Waals surface area contributed by atoms with E-state index in [0.29, 0.717) is 17.1 Å². The van der Waals surface area contributed by atoms with Crippen LogP contribution in [0.4, 0.5) is 10.5 Å². The maximum atomic E-state index is 11.7. The van der Waals surface area contributed by atoms with Gasteiger partial charge in [-0.1, -0.05) is 31.5 Å². The Kier molecular flexibility index (Phi) is 5.65. The Hall–Kier alpha value is -1.26. The molecule has 2 N–H and O–H groups in total. The molecular formula is C16H24ClNO3. The SMILES string of the molecule is CC(C)(CO)Cc1ccc(NC(=O)OC(C)(C)C)cc1Cl. The van der Waals surface area contributed by atoms with Gasteiger partial charge in [-0.25, -0.2) is 4.79 Å². The topological polar surface area (TPSA) is 58.6 Å². The minimum absolute atomic E-state index is 0.0846. The lowest BCUT2D eigenvalue weighted by Crippen LogP contribution is -2.27. The van der Waals surface area contributed by atoms with Crippen LogP contribution in [0.2, 0.25) is 5.02 Å². The van der Waals surface area contributed by atoms with Crippen LogP contribution in [0.1, 0.15) is 40.2 Å². The van der Waals surface area contributed by atoms with Gasteiger partial charge in [-0.3, -0.25) is 5.32 Å². The molecule has 1 aromatic rings. The van der Waals surface area contributed by atoms with E-state index in [1.165, 1.54) is 0 Å². The summed E-state index contributed by atoms with van der Waals surface area (Å²) in [6.07, 6.45) is 0.150.